The molecule has 0 aromatic heterocycles. The van der Waals surface area contributed by atoms with Gasteiger partial charge in [0.1, 0.15) is 49.4 Å². The molecule has 6 atom stereocenters. The van der Waals surface area contributed by atoms with Gasteiger partial charge in [-0.1, -0.05) is 47.4 Å². The quantitative estimate of drug-likeness (QED) is 0.417. The van der Waals surface area contributed by atoms with Crippen LogP contribution in [0.25, 0.3) is 0 Å². The number of nitrogens with zero attached hydrogens (tertiary/aromatic N) is 4. The molecule has 8 bridgehead atoms. The molecule has 6 unspecified atom stereocenters. The van der Waals surface area contributed by atoms with Gasteiger partial charge in [-0.2, -0.15) is 0 Å². The van der Waals surface area contributed by atoms with Crippen LogP contribution in [0.1, 0.15) is 13.8 Å². The molecule has 2 aromatic carbocycles. The zero-order valence-electron chi connectivity index (χ0n) is 27.1. The summed E-state index contributed by atoms with van der Waals surface area (Å²) in [5.41, 5.74) is 0. The highest BCUT2D eigenvalue weighted by atomic mass is 16.5. The molecule has 46 heavy (non-hydrogen) atoms. The average Bonchev–Trinajstić information content (AvgIpc) is 3.06. The predicted octanol–water partition coefficient (Wildman–Crippen LogP) is 2.94. The molecule has 0 aliphatic carbocycles. The Bertz CT molecular complexity index is 1380. The molecule has 0 N–H and O–H groups in total. The summed E-state index contributed by atoms with van der Waals surface area (Å²) in [7, 11) is 0. The first kappa shape index (κ1) is 33.1. The second kappa shape index (κ2) is 18.0. The van der Waals surface area contributed by atoms with Crippen LogP contribution >= 0.6 is 0 Å². The highest BCUT2D eigenvalue weighted by Crippen LogP contribution is 2.18. The lowest BCUT2D eigenvalue weighted by molar-refractivity contribution is 0.105. The molecule has 0 radical (unpaired) electrons. The summed E-state index contributed by atoms with van der Waals surface area (Å²) in [6.07, 6.45) is 0. The van der Waals surface area contributed by atoms with Crippen LogP contribution in [0.2, 0.25) is 0 Å². The van der Waals surface area contributed by atoms with E-state index in [1.54, 1.807) is 0 Å². The molecule has 2 aromatic rings. The van der Waals surface area contributed by atoms with E-state index in [0.29, 0.717) is 38.5 Å². The Morgan fingerprint density at radius 3 is 1.04 bits per heavy atom. The molecule has 0 amide bonds. The summed E-state index contributed by atoms with van der Waals surface area (Å²) in [6, 6.07) is 16.1. The summed E-state index contributed by atoms with van der Waals surface area (Å²) >= 11 is 0. The van der Waals surface area contributed by atoms with Crippen molar-refractivity contribution in [1.29, 1.82) is 0 Å². The molecule has 8 heteroatoms. The Balaban J connectivity index is 1.14. The molecule has 0 spiro atoms. The van der Waals surface area contributed by atoms with Gasteiger partial charge in [0.25, 0.3) is 0 Å². The van der Waals surface area contributed by atoms with E-state index in [2.05, 4.69) is 80.8 Å². The van der Waals surface area contributed by atoms with Gasteiger partial charge >= 0.3 is 0 Å². The van der Waals surface area contributed by atoms with E-state index >= 15 is 0 Å². The predicted molar refractivity (Wildman–Crippen MR) is 181 cm³/mol. The van der Waals surface area contributed by atoms with Crippen LogP contribution in [-0.2, 0) is 0 Å². The molecule has 2 saturated heterocycles. The number of ether oxygens (including phenoxy) is 4. The number of hydrogen-bond acceptors (Lipinski definition) is 8. The third-order valence-electron chi connectivity index (χ3n) is 8.26. The van der Waals surface area contributed by atoms with Gasteiger partial charge in [-0.25, -0.2) is 0 Å². The lowest BCUT2D eigenvalue weighted by Crippen LogP contribution is -2.51. The molecule has 12 heterocycles. The fourth-order valence-corrected chi connectivity index (χ4v) is 5.49. The van der Waals surface area contributed by atoms with Crippen LogP contribution in [0.3, 0.4) is 0 Å². The standard InChI is InChI=1S/C38H44N4O4/c1-33-31-39-19-3-7-27-43-35-13-17-38(18-14-35)46-30-10-6-22-42-26-24-40(32-34(42)2)20-4-8-28-44-36-11-15-37(16-12-36)45-29-9-5-21-41(33)25-23-39/h11-18,33-34H,19-32H2,1-2H3. The van der Waals surface area contributed by atoms with Crippen molar-refractivity contribution in [1.82, 2.24) is 19.6 Å². The van der Waals surface area contributed by atoms with E-state index in [1.165, 1.54) is 0 Å². The Hall–Kier alpha value is -4.28. The maximum absolute atomic E-state index is 5.81. The fourth-order valence-electron chi connectivity index (χ4n) is 5.49. The monoisotopic (exact) mass is 620 g/mol. The summed E-state index contributed by atoms with van der Waals surface area (Å²) < 4.78 is 23.2. The summed E-state index contributed by atoms with van der Waals surface area (Å²) in [6.45, 7) is 14.7. The van der Waals surface area contributed by atoms with E-state index in [-0.39, 0.29) is 0 Å². The summed E-state index contributed by atoms with van der Waals surface area (Å²) in [5.74, 6) is 28.8. The van der Waals surface area contributed by atoms with E-state index in [0.717, 1.165) is 88.4 Å². The molecule has 2 fully saturated rings. The minimum absolute atomic E-state index is 0.357. The first-order valence-corrected chi connectivity index (χ1v) is 16.1. The SMILES string of the molecule is CC1CN2CC#CCOc3ccc(cc3)OCC#CCN3CCN(CC#CCOc4ccc(cc4)OCC#CCN1CC2)CC3C. The average molecular weight is 621 g/mol. The Morgan fingerprint density at radius 2 is 0.739 bits per heavy atom. The van der Waals surface area contributed by atoms with Crippen LogP contribution < -0.4 is 18.9 Å². The second-order valence-electron chi connectivity index (χ2n) is 11.6. The van der Waals surface area contributed by atoms with Gasteiger partial charge in [0.2, 0.25) is 0 Å². The van der Waals surface area contributed by atoms with E-state index in [4.69, 9.17) is 18.9 Å². The number of hydrogen-bond donors (Lipinski definition) is 0. The van der Waals surface area contributed by atoms with Crippen LogP contribution in [-0.4, -0.2) is 124 Å². The van der Waals surface area contributed by atoms with Gasteiger partial charge in [0, 0.05) is 51.4 Å². The molecule has 8 nitrogen and oxygen atoms in total. The summed E-state index contributed by atoms with van der Waals surface area (Å²) in [5, 5.41) is 0. The van der Waals surface area contributed by atoms with Crippen molar-refractivity contribution in [3.05, 3.63) is 48.5 Å². The molecular formula is C38H44N4O4. The van der Waals surface area contributed by atoms with Crippen molar-refractivity contribution in [3.8, 4) is 70.4 Å². The van der Waals surface area contributed by atoms with Crippen molar-refractivity contribution < 1.29 is 18.9 Å². The van der Waals surface area contributed by atoms with Crippen LogP contribution in [0.5, 0.6) is 23.0 Å². The molecule has 0 saturated carbocycles. The third-order valence-corrected chi connectivity index (χ3v) is 8.26. The van der Waals surface area contributed by atoms with Crippen molar-refractivity contribution in [2.45, 2.75) is 25.9 Å². The highest BCUT2D eigenvalue weighted by Gasteiger charge is 2.23. The molecule has 12 aliphatic heterocycles. The Labute approximate surface area is 274 Å². The molecule has 14 rings (SSSR count). The van der Waals surface area contributed by atoms with E-state index < -0.39 is 0 Å². The first-order chi connectivity index (χ1) is 22.6. The van der Waals surface area contributed by atoms with E-state index in [9.17, 15) is 0 Å². The minimum atomic E-state index is 0.357. The topological polar surface area (TPSA) is 49.9 Å². The molecular weight excluding hydrogens is 576 g/mol. The van der Waals surface area contributed by atoms with Gasteiger partial charge in [-0.15, -0.1) is 0 Å². The zero-order chi connectivity index (χ0) is 31.8. The number of benzene rings is 2. The van der Waals surface area contributed by atoms with E-state index in [1.807, 2.05) is 48.5 Å². The van der Waals surface area contributed by atoms with Gasteiger partial charge in [0.15, 0.2) is 0 Å². The van der Waals surface area contributed by atoms with Gasteiger partial charge in [-0.3, -0.25) is 19.6 Å². The van der Waals surface area contributed by atoms with Crippen LogP contribution in [0.4, 0.5) is 0 Å². The van der Waals surface area contributed by atoms with Gasteiger partial charge in [0.05, 0.1) is 26.2 Å². The number of rotatable bonds is 0. The van der Waals surface area contributed by atoms with Gasteiger partial charge in [-0.05, 0) is 62.4 Å². The van der Waals surface area contributed by atoms with Crippen molar-refractivity contribution in [2.75, 3.05) is 91.9 Å². The first-order valence-electron chi connectivity index (χ1n) is 16.1. The van der Waals surface area contributed by atoms with Crippen molar-refractivity contribution >= 4 is 0 Å². The highest BCUT2D eigenvalue weighted by molar-refractivity contribution is 5.33. The Kier molecular flexibility index (Phi) is 13.0. The maximum atomic E-state index is 5.81. The van der Waals surface area contributed by atoms with Crippen LogP contribution in [0.15, 0.2) is 48.5 Å². The largest absolute Gasteiger partial charge is 0.481 e. The van der Waals surface area contributed by atoms with Crippen molar-refractivity contribution in [2.24, 2.45) is 0 Å². The van der Waals surface area contributed by atoms with Crippen molar-refractivity contribution in [3.63, 3.8) is 0 Å². The smallest absolute Gasteiger partial charge is 0.149 e. The lowest BCUT2D eigenvalue weighted by atomic mass is 10.2. The number of piperazine rings is 2. The Morgan fingerprint density at radius 1 is 0.435 bits per heavy atom. The minimum Gasteiger partial charge on any atom is -0.481 e. The maximum Gasteiger partial charge on any atom is 0.149 e. The zero-order valence-corrected chi connectivity index (χ0v) is 27.1. The normalized spacial score (nSPS) is 27.3. The lowest BCUT2D eigenvalue weighted by Gasteiger charge is -2.38. The second-order valence-corrected chi connectivity index (χ2v) is 11.6. The molecule has 12 aliphatic rings. The summed E-state index contributed by atoms with van der Waals surface area (Å²) in [4.78, 5) is 9.58. The van der Waals surface area contributed by atoms with Crippen LogP contribution in [0, 0.1) is 47.4 Å². The molecule has 240 valence electrons. The fraction of sp³-hybridized carbons (Fsp3) is 0.474. The third kappa shape index (κ3) is 11.0. The van der Waals surface area contributed by atoms with Gasteiger partial charge < -0.3 is 18.9 Å².